The molecule has 1 fully saturated rings. The average molecular weight is 373 g/mol. The van der Waals surface area contributed by atoms with Gasteiger partial charge in [-0.2, -0.15) is 0 Å². The first kappa shape index (κ1) is 17.0. The monoisotopic (exact) mass is 372 g/mol. The fourth-order valence-corrected chi connectivity index (χ4v) is 4.46. The smallest absolute Gasteiger partial charge is 0.224 e. The average Bonchev–Trinajstić information content (AvgIpc) is 2.84. The third-order valence-electron chi connectivity index (χ3n) is 3.99. The van der Waals surface area contributed by atoms with Crippen molar-refractivity contribution in [2.75, 3.05) is 13.1 Å². The molecule has 21 heavy (non-hydrogen) atoms. The van der Waals surface area contributed by atoms with Crippen molar-refractivity contribution in [1.29, 1.82) is 0 Å². The minimum absolute atomic E-state index is 0.154. The summed E-state index contributed by atoms with van der Waals surface area (Å²) in [7, 11) is 0. The highest BCUT2D eigenvalue weighted by Gasteiger charge is 2.26. The van der Waals surface area contributed by atoms with Crippen LogP contribution in [0.3, 0.4) is 0 Å². The topological polar surface area (TPSA) is 32.3 Å². The number of halogens is 1. The van der Waals surface area contributed by atoms with Gasteiger partial charge in [-0.15, -0.1) is 11.3 Å². The number of thiophene rings is 1. The maximum Gasteiger partial charge on any atom is 0.224 e. The number of carbonyl (C=O) groups is 1. The van der Waals surface area contributed by atoms with E-state index in [-0.39, 0.29) is 11.8 Å². The highest BCUT2D eigenvalue weighted by atomic mass is 79.9. The van der Waals surface area contributed by atoms with Crippen molar-refractivity contribution in [3.8, 4) is 0 Å². The lowest BCUT2D eigenvalue weighted by molar-refractivity contribution is -0.127. The lowest BCUT2D eigenvalue weighted by atomic mass is 9.96. The van der Waals surface area contributed by atoms with Gasteiger partial charge in [-0.1, -0.05) is 13.3 Å². The molecule has 3 nitrogen and oxygen atoms in total. The Kier molecular flexibility index (Phi) is 6.71. The summed E-state index contributed by atoms with van der Waals surface area (Å²) in [6.07, 6.45) is 4.32. The first-order valence-corrected chi connectivity index (χ1v) is 9.46. The molecule has 5 heteroatoms. The molecule has 2 heterocycles. The Balaban J connectivity index is 1.83. The molecule has 1 N–H and O–H groups in total. The molecule has 0 bridgehead atoms. The van der Waals surface area contributed by atoms with Gasteiger partial charge in [-0.25, -0.2) is 0 Å². The zero-order valence-electron chi connectivity index (χ0n) is 12.9. The molecule has 0 saturated carbocycles. The van der Waals surface area contributed by atoms with E-state index in [2.05, 4.69) is 52.1 Å². The third-order valence-corrected chi connectivity index (χ3v) is 5.60. The number of hydrogen-bond acceptors (Lipinski definition) is 3. The van der Waals surface area contributed by atoms with Gasteiger partial charge in [0.05, 0.1) is 9.70 Å². The van der Waals surface area contributed by atoms with Gasteiger partial charge in [0, 0.05) is 24.0 Å². The Labute approximate surface area is 140 Å². The molecular formula is C16H25BrN2OS. The normalized spacial score (nSPS) is 21.2. The summed E-state index contributed by atoms with van der Waals surface area (Å²) in [5, 5.41) is 3.17. The summed E-state index contributed by atoms with van der Waals surface area (Å²) in [4.78, 5) is 16.1. The van der Waals surface area contributed by atoms with Crippen LogP contribution < -0.4 is 5.32 Å². The van der Waals surface area contributed by atoms with Crippen LogP contribution in [0.5, 0.6) is 0 Å². The molecule has 0 aromatic carbocycles. The molecule has 0 aliphatic carbocycles. The quantitative estimate of drug-likeness (QED) is 0.817. The van der Waals surface area contributed by atoms with Gasteiger partial charge in [0.1, 0.15) is 0 Å². The van der Waals surface area contributed by atoms with Crippen LogP contribution in [-0.4, -0.2) is 29.9 Å². The summed E-state index contributed by atoms with van der Waals surface area (Å²) in [6, 6.07) is 4.56. The van der Waals surface area contributed by atoms with Crippen LogP contribution in [0.25, 0.3) is 0 Å². The predicted molar refractivity (Wildman–Crippen MR) is 92.5 cm³/mol. The first-order valence-electron chi connectivity index (χ1n) is 7.85. The van der Waals surface area contributed by atoms with Gasteiger partial charge in [-0.3, -0.25) is 9.69 Å². The summed E-state index contributed by atoms with van der Waals surface area (Å²) in [5.74, 6) is 0.398. The number of piperidine rings is 1. The third kappa shape index (κ3) is 5.38. The minimum atomic E-state index is 0.154. The number of likely N-dealkylation sites (tertiary alicyclic amines) is 1. The van der Waals surface area contributed by atoms with E-state index in [1.54, 1.807) is 11.3 Å². The number of nitrogens with zero attached hydrogens (tertiary/aromatic N) is 1. The number of rotatable bonds is 6. The van der Waals surface area contributed by atoms with E-state index in [1.807, 2.05) is 0 Å². The molecule has 1 aromatic heterocycles. The fraction of sp³-hybridized carbons (Fsp3) is 0.688. The van der Waals surface area contributed by atoms with Crippen molar-refractivity contribution in [3.63, 3.8) is 0 Å². The fourth-order valence-electron chi connectivity index (χ4n) is 2.94. The summed E-state index contributed by atoms with van der Waals surface area (Å²) in [5.41, 5.74) is 0. The molecule has 0 spiro atoms. The van der Waals surface area contributed by atoms with Crippen LogP contribution in [0.4, 0.5) is 0 Å². The second-order valence-electron chi connectivity index (χ2n) is 5.98. The van der Waals surface area contributed by atoms with Crippen LogP contribution in [0, 0.1) is 5.92 Å². The van der Waals surface area contributed by atoms with Crippen molar-refractivity contribution in [2.45, 2.75) is 52.1 Å². The van der Waals surface area contributed by atoms with Crippen molar-refractivity contribution in [3.05, 3.63) is 20.8 Å². The summed E-state index contributed by atoms with van der Waals surface area (Å²) in [6.45, 7) is 7.21. The lowest BCUT2D eigenvalue weighted by Gasteiger charge is -2.32. The van der Waals surface area contributed by atoms with Crippen LogP contribution in [0.2, 0.25) is 0 Å². The molecule has 1 aliphatic heterocycles. The van der Waals surface area contributed by atoms with Gasteiger partial charge < -0.3 is 5.32 Å². The van der Waals surface area contributed by atoms with E-state index in [0.29, 0.717) is 6.04 Å². The standard InChI is InChI=1S/C16H25BrN2OS/c1-3-5-12(2)18-16(20)13-6-4-9-19(10-13)11-14-7-8-15(17)21-14/h7-8,12-13H,3-6,9-11H2,1-2H3,(H,18,20). The molecular weight excluding hydrogens is 348 g/mol. The molecule has 1 aromatic rings. The SMILES string of the molecule is CCCC(C)NC(=O)C1CCCN(Cc2ccc(Br)s2)C1. The zero-order chi connectivity index (χ0) is 15.2. The van der Waals surface area contributed by atoms with Crippen LogP contribution >= 0.6 is 27.3 Å². The maximum absolute atomic E-state index is 12.3. The Morgan fingerprint density at radius 3 is 3.05 bits per heavy atom. The first-order chi connectivity index (χ1) is 10.1. The zero-order valence-corrected chi connectivity index (χ0v) is 15.3. The summed E-state index contributed by atoms with van der Waals surface area (Å²) >= 11 is 5.29. The molecule has 1 amide bonds. The Hall–Kier alpha value is -0.390. The number of nitrogens with one attached hydrogen (secondary N) is 1. The largest absolute Gasteiger partial charge is 0.353 e. The lowest BCUT2D eigenvalue weighted by Crippen LogP contribution is -2.44. The molecule has 1 aliphatic rings. The highest BCUT2D eigenvalue weighted by Crippen LogP contribution is 2.25. The highest BCUT2D eigenvalue weighted by molar-refractivity contribution is 9.11. The molecule has 0 radical (unpaired) electrons. The van der Waals surface area contributed by atoms with Gasteiger partial charge >= 0.3 is 0 Å². The number of hydrogen-bond donors (Lipinski definition) is 1. The van der Waals surface area contributed by atoms with E-state index in [9.17, 15) is 4.79 Å². The van der Waals surface area contributed by atoms with E-state index in [1.165, 1.54) is 8.66 Å². The van der Waals surface area contributed by atoms with Gasteiger partial charge in [0.15, 0.2) is 0 Å². The van der Waals surface area contributed by atoms with Crippen molar-refractivity contribution < 1.29 is 4.79 Å². The Morgan fingerprint density at radius 2 is 2.38 bits per heavy atom. The molecule has 1 saturated heterocycles. The molecule has 2 atom stereocenters. The maximum atomic E-state index is 12.3. The molecule has 2 unspecified atom stereocenters. The predicted octanol–water partition coefficient (Wildman–Crippen LogP) is 4.03. The molecule has 118 valence electrons. The number of carbonyl (C=O) groups excluding carboxylic acids is 1. The van der Waals surface area contributed by atoms with Crippen LogP contribution in [-0.2, 0) is 11.3 Å². The Bertz CT molecular complexity index is 463. The Morgan fingerprint density at radius 1 is 1.57 bits per heavy atom. The van der Waals surface area contributed by atoms with Gasteiger partial charge in [-0.05, 0) is 60.8 Å². The van der Waals surface area contributed by atoms with Crippen molar-refractivity contribution >= 4 is 33.2 Å². The molecule has 2 rings (SSSR count). The van der Waals surface area contributed by atoms with Crippen LogP contribution in [0.1, 0.15) is 44.4 Å². The number of amides is 1. The minimum Gasteiger partial charge on any atom is -0.353 e. The van der Waals surface area contributed by atoms with Crippen molar-refractivity contribution in [2.24, 2.45) is 5.92 Å². The van der Waals surface area contributed by atoms with E-state index in [0.717, 1.165) is 45.3 Å². The van der Waals surface area contributed by atoms with Crippen molar-refractivity contribution in [1.82, 2.24) is 10.2 Å². The van der Waals surface area contributed by atoms with Gasteiger partial charge in [0.2, 0.25) is 5.91 Å². The summed E-state index contributed by atoms with van der Waals surface area (Å²) < 4.78 is 1.18. The van der Waals surface area contributed by atoms with Gasteiger partial charge in [0.25, 0.3) is 0 Å². The van der Waals surface area contributed by atoms with E-state index < -0.39 is 0 Å². The second kappa shape index (κ2) is 8.30. The second-order valence-corrected chi connectivity index (χ2v) is 8.53. The van der Waals surface area contributed by atoms with E-state index >= 15 is 0 Å². The van der Waals surface area contributed by atoms with E-state index in [4.69, 9.17) is 0 Å². The van der Waals surface area contributed by atoms with Crippen LogP contribution in [0.15, 0.2) is 15.9 Å².